The lowest BCUT2D eigenvalue weighted by molar-refractivity contribution is 0.0696. The Bertz CT molecular complexity index is 331. The molecule has 0 aliphatic carbocycles. The molecule has 5 heteroatoms. The van der Waals surface area contributed by atoms with Crippen molar-refractivity contribution in [3.05, 3.63) is 29.8 Å². The van der Waals surface area contributed by atoms with Crippen LogP contribution < -0.4 is 5.73 Å². The fourth-order valence-electron chi connectivity index (χ4n) is 0.947. The first-order valence-electron chi connectivity index (χ1n) is 4.31. The topological polar surface area (TPSA) is 63.3 Å². The second kappa shape index (κ2) is 6.71. The molecule has 0 fully saturated rings. The Labute approximate surface area is 99.5 Å². The van der Waals surface area contributed by atoms with Crippen molar-refractivity contribution in [3.63, 3.8) is 0 Å². The first kappa shape index (κ1) is 14.3. The smallest absolute Gasteiger partial charge is 0.335 e. The monoisotopic (exact) mass is 247 g/mol. The molecule has 0 saturated carbocycles. The van der Waals surface area contributed by atoms with Crippen LogP contribution in [0.1, 0.15) is 17.3 Å². The largest absolute Gasteiger partial charge is 0.478 e. The lowest BCUT2D eigenvalue weighted by atomic mass is 10.2. The first-order chi connectivity index (χ1) is 6.59. The first-order valence-corrected chi connectivity index (χ1v) is 5.30. The van der Waals surface area contributed by atoms with Crippen molar-refractivity contribution < 1.29 is 9.90 Å². The van der Waals surface area contributed by atoms with Crippen LogP contribution in [0.15, 0.2) is 29.2 Å². The molecule has 0 aromatic heterocycles. The van der Waals surface area contributed by atoms with Gasteiger partial charge in [-0.2, -0.15) is 0 Å². The molecule has 1 aromatic rings. The van der Waals surface area contributed by atoms with Crippen LogP contribution in [0.25, 0.3) is 0 Å². The summed E-state index contributed by atoms with van der Waals surface area (Å²) >= 11 is 1.57. The summed E-state index contributed by atoms with van der Waals surface area (Å²) in [6.45, 7) is 1.92. The van der Waals surface area contributed by atoms with Crippen LogP contribution in [0.2, 0.25) is 0 Å². The SMILES string of the molecule is CC(N)CSc1cccc(C(=O)O)c1.Cl. The molecular weight excluding hydrogens is 234 g/mol. The van der Waals surface area contributed by atoms with Crippen molar-refractivity contribution >= 4 is 30.1 Å². The summed E-state index contributed by atoms with van der Waals surface area (Å²) in [4.78, 5) is 11.6. The molecule has 0 spiro atoms. The number of halogens is 1. The van der Waals surface area contributed by atoms with Crippen molar-refractivity contribution in [2.45, 2.75) is 17.9 Å². The summed E-state index contributed by atoms with van der Waals surface area (Å²) in [6, 6.07) is 6.99. The quantitative estimate of drug-likeness (QED) is 0.801. The summed E-state index contributed by atoms with van der Waals surface area (Å²) in [6.07, 6.45) is 0. The molecule has 84 valence electrons. The molecule has 0 aliphatic heterocycles. The molecule has 1 atom stereocenters. The Hall–Kier alpha value is -0.710. The van der Waals surface area contributed by atoms with Crippen molar-refractivity contribution in [1.82, 2.24) is 0 Å². The molecular formula is C10H14ClNO2S. The van der Waals surface area contributed by atoms with Crippen LogP contribution in [0.4, 0.5) is 0 Å². The minimum atomic E-state index is -0.895. The molecule has 1 unspecified atom stereocenters. The molecule has 1 aromatic carbocycles. The lowest BCUT2D eigenvalue weighted by Gasteiger charge is -2.05. The maximum Gasteiger partial charge on any atom is 0.335 e. The average molecular weight is 248 g/mol. The van der Waals surface area contributed by atoms with Crippen molar-refractivity contribution in [3.8, 4) is 0 Å². The second-order valence-electron chi connectivity index (χ2n) is 3.12. The van der Waals surface area contributed by atoms with Crippen LogP contribution in [0.5, 0.6) is 0 Å². The van der Waals surface area contributed by atoms with E-state index in [9.17, 15) is 4.79 Å². The second-order valence-corrected chi connectivity index (χ2v) is 4.21. The molecule has 1 rings (SSSR count). The van der Waals surface area contributed by atoms with Crippen molar-refractivity contribution in [2.75, 3.05) is 5.75 Å². The van der Waals surface area contributed by atoms with Gasteiger partial charge in [0, 0.05) is 16.7 Å². The van der Waals surface area contributed by atoms with E-state index in [4.69, 9.17) is 10.8 Å². The van der Waals surface area contributed by atoms with Gasteiger partial charge in [-0.25, -0.2) is 4.79 Å². The van der Waals surface area contributed by atoms with E-state index in [2.05, 4.69) is 0 Å². The zero-order chi connectivity index (χ0) is 10.6. The van der Waals surface area contributed by atoms with Gasteiger partial charge in [0.05, 0.1) is 5.56 Å². The highest BCUT2D eigenvalue weighted by atomic mass is 35.5. The zero-order valence-electron chi connectivity index (χ0n) is 8.34. The summed E-state index contributed by atoms with van der Waals surface area (Å²) in [5.41, 5.74) is 5.92. The van der Waals surface area contributed by atoms with E-state index in [0.717, 1.165) is 10.6 Å². The van der Waals surface area contributed by atoms with Gasteiger partial charge in [-0.15, -0.1) is 24.2 Å². The Kier molecular flexibility index (Phi) is 6.40. The number of carboxylic acids is 1. The van der Waals surface area contributed by atoms with E-state index in [1.807, 2.05) is 13.0 Å². The van der Waals surface area contributed by atoms with Crippen LogP contribution in [-0.4, -0.2) is 22.9 Å². The minimum absolute atomic E-state index is 0. The number of aromatic carboxylic acids is 1. The number of carboxylic acid groups (broad SMARTS) is 1. The predicted molar refractivity (Wildman–Crippen MR) is 65.0 cm³/mol. The Morgan fingerprint density at radius 3 is 2.80 bits per heavy atom. The molecule has 3 nitrogen and oxygen atoms in total. The van der Waals surface area contributed by atoms with Crippen LogP contribution >= 0.6 is 24.2 Å². The predicted octanol–water partition coefficient (Wildman–Crippen LogP) is 2.25. The number of hydrogen-bond acceptors (Lipinski definition) is 3. The van der Waals surface area contributed by atoms with Gasteiger partial charge < -0.3 is 10.8 Å². The number of thioether (sulfide) groups is 1. The fourth-order valence-corrected chi connectivity index (χ4v) is 1.79. The fraction of sp³-hybridized carbons (Fsp3) is 0.300. The summed E-state index contributed by atoms with van der Waals surface area (Å²) < 4.78 is 0. The highest BCUT2D eigenvalue weighted by molar-refractivity contribution is 7.99. The Morgan fingerprint density at radius 2 is 2.27 bits per heavy atom. The molecule has 3 N–H and O–H groups in total. The van der Waals surface area contributed by atoms with Crippen LogP contribution in [0.3, 0.4) is 0 Å². The number of nitrogens with two attached hydrogens (primary N) is 1. The van der Waals surface area contributed by atoms with E-state index >= 15 is 0 Å². The van der Waals surface area contributed by atoms with Gasteiger partial charge in [-0.05, 0) is 25.1 Å². The number of benzene rings is 1. The van der Waals surface area contributed by atoms with Crippen molar-refractivity contribution in [2.24, 2.45) is 5.73 Å². The van der Waals surface area contributed by atoms with E-state index < -0.39 is 5.97 Å². The standard InChI is InChI=1S/C10H13NO2S.ClH/c1-7(11)6-14-9-4-2-3-8(5-9)10(12)13;/h2-5,7H,6,11H2,1H3,(H,12,13);1H. The van der Waals surface area contributed by atoms with Gasteiger partial charge in [0.1, 0.15) is 0 Å². The molecule has 0 aliphatic rings. The molecule has 15 heavy (non-hydrogen) atoms. The third-order valence-corrected chi connectivity index (χ3v) is 2.87. The van der Waals surface area contributed by atoms with Crippen LogP contribution in [-0.2, 0) is 0 Å². The van der Waals surface area contributed by atoms with Crippen LogP contribution in [0, 0.1) is 0 Å². The maximum absolute atomic E-state index is 10.7. The van der Waals surface area contributed by atoms with E-state index in [-0.39, 0.29) is 18.4 Å². The lowest BCUT2D eigenvalue weighted by Crippen LogP contribution is -2.17. The molecule has 0 saturated heterocycles. The molecule has 0 heterocycles. The van der Waals surface area contributed by atoms with Gasteiger partial charge in [-0.3, -0.25) is 0 Å². The summed E-state index contributed by atoms with van der Waals surface area (Å²) in [5.74, 6) is -0.100. The zero-order valence-corrected chi connectivity index (χ0v) is 9.98. The number of rotatable bonds is 4. The summed E-state index contributed by atoms with van der Waals surface area (Å²) in [5, 5.41) is 8.75. The van der Waals surface area contributed by atoms with Gasteiger partial charge in [0.2, 0.25) is 0 Å². The van der Waals surface area contributed by atoms with Gasteiger partial charge in [-0.1, -0.05) is 6.07 Å². The average Bonchev–Trinajstić information content (AvgIpc) is 2.15. The number of hydrogen-bond donors (Lipinski definition) is 2. The molecule has 0 amide bonds. The van der Waals surface area contributed by atoms with Crippen molar-refractivity contribution in [1.29, 1.82) is 0 Å². The third-order valence-electron chi connectivity index (χ3n) is 1.59. The number of carbonyl (C=O) groups is 1. The van der Waals surface area contributed by atoms with Gasteiger partial charge >= 0.3 is 5.97 Å². The van der Waals surface area contributed by atoms with Gasteiger partial charge in [0.25, 0.3) is 0 Å². The van der Waals surface area contributed by atoms with E-state index in [1.165, 1.54) is 0 Å². The maximum atomic E-state index is 10.7. The molecule has 0 radical (unpaired) electrons. The highest BCUT2D eigenvalue weighted by Crippen LogP contribution is 2.19. The van der Waals surface area contributed by atoms with Gasteiger partial charge in [0.15, 0.2) is 0 Å². The van der Waals surface area contributed by atoms with E-state index in [0.29, 0.717) is 5.56 Å². The molecule has 0 bridgehead atoms. The Morgan fingerprint density at radius 1 is 1.60 bits per heavy atom. The normalized spacial score (nSPS) is 11.6. The highest BCUT2D eigenvalue weighted by Gasteiger charge is 2.03. The van der Waals surface area contributed by atoms with E-state index in [1.54, 1.807) is 30.0 Å². The summed E-state index contributed by atoms with van der Waals surface area (Å²) in [7, 11) is 0. The minimum Gasteiger partial charge on any atom is -0.478 e. The Balaban J connectivity index is 0.00000196. The third kappa shape index (κ3) is 5.06.